The predicted molar refractivity (Wildman–Crippen MR) is 66.4 cm³/mol. The van der Waals surface area contributed by atoms with Crippen LogP contribution in [0.3, 0.4) is 0 Å². The average Bonchev–Trinajstić information content (AvgIpc) is 2.90. The van der Waals surface area contributed by atoms with E-state index in [0.29, 0.717) is 5.82 Å². The molecule has 0 aliphatic heterocycles. The first kappa shape index (κ1) is 12.5. The van der Waals surface area contributed by atoms with Gasteiger partial charge >= 0.3 is 0 Å². The van der Waals surface area contributed by atoms with Crippen molar-refractivity contribution < 1.29 is 8.42 Å². The fraction of sp³-hybridized carbons (Fsp3) is 0.200. The van der Waals surface area contributed by atoms with Gasteiger partial charge < -0.3 is 5.32 Å². The van der Waals surface area contributed by atoms with E-state index in [2.05, 4.69) is 25.2 Å². The van der Waals surface area contributed by atoms with Gasteiger partial charge in [-0.1, -0.05) is 0 Å². The molecule has 3 N–H and O–H groups in total. The molecule has 0 bridgehead atoms. The highest BCUT2D eigenvalue weighted by atomic mass is 32.2. The molecule has 0 saturated heterocycles. The Labute approximate surface area is 105 Å². The van der Waals surface area contributed by atoms with Gasteiger partial charge in [-0.3, -0.25) is 5.10 Å². The molecule has 0 atom stereocenters. The monoisotopic (exact) mass is 267 g/mol. The summed E-state index contributed by atoms with van der Waals surface area (Å²) in [6.07, 6.45) is 4.64. The number of anilines is 1. The van der Waals surface area contributed by atoms with Crippen LogP contribution in [0, 0.1) is 0 Å². The molecule has 0 aliphatic carbocycles. The largest absolute Gasteiger partial charge is 0.373 e. The highest BCUT2D eigenvalue weighted by molar-refractivity contribution is 7.89. The minimum Gasteiger partial charge on any atom is -0.373 e. The van der Waals surface area contributed by atoms with Gasteiger partial charge in [0.05, 0.1) is 11.1 Å². The van der Waals surface area contributed by atoms with Crippen LogP contribution < -0.4 is 10.0 Å². The van der Waals surface area contributed by atoms with Gasteiger partial charge in [-0.25, -0.2) is 18.1 Å². The molecule has 2 rings (SSSR count). The third-order valence-corrected chi connectivity index (χ3v) is 3.72. The molecule has 2 heterocycles. The molecule has 7 nitrogen and oxygen atoms in total. The van der Waals surface area contributed by atoms with E-state index in [4.69, 9.17) is 0 Å². The highest BCUT2D eigenvalue weighted by Gasteiger charge is 2.14. The molecule has 2 aromatic rings. The van der Waals surface area contributed by atoms with Crippen molar-refractivity contribution in [1.29, 1.82) is 0 Å². The van der Waals surface area contributed by atoms with E-state index < -0.39 is 10.0 Å². The lowest BCUT2D eigenvalue weighted by Gasteiger charge is -2.06. The van der Waals surface area contributed by atoms with Crippen LogP contribution in [0.25, 0.3) is 0 Å². The van der Waals surface area contributed by atoms with E-state index >= 15 is 0 Å². The quantitative estimate of drug-likeness (QED) is 0.724. The van der Waals surface area contributed by atoms with Crippen LogP contribution in [0.5, 0.6) is 0 Å². The maximum Gasteiger partial charge on any atom is 0.241 e. The van der Waals surface area contributed by atoms with Crippen molar-refractivity contribution in [2.45, 2.75) is 11.4 Å². The van der Waals surface area contributed by atoms with Crippen LogP contribution in [0.4, 0.5) is 5.82 Å². The number of hydrogen-bond acceptors (Lipinski definition) is 5. The van der Waals surface area contributed by atoms with Gasteiger partial charge in [-0.15, -0.1) is 0 Å². The zero-order valence-electron chi connectivity index (χ0n) is 9.71. The Bertz CT molecular complexity index is 609. The summed E-state index contributed by atoms with van der Waals surface area (Å²) in [5, 5.41) is 9.15. The van der Waals surface area contributed by atoms with Crippen molar-refractivity contribution >= 4 is 15.8 Å². The third-order valence-electron chi connectivity index (χ3n) is 2.32. The lowest BCUT2D eigenvalue weighted by Crippen LogP contribution is -2.23. The van der Waals surface area contributed by atoms with Gasteiger partial charge in [0.2, 0.25) is 10.0 Å². The van der Waals surface area contributed by atoms with Crippen LogP contribution in [0.2, 0.25) is 0 Å². The van der Waals surface area contributed by atoms with Gasteiger partial charge in [0.25, 0.3) is 0 Å². The van der Waals surface area contributed by atoms with E-state index in [-0.39, 0.29) is 11.4 Å². The summed E-state index contributed by atoms with van der Waals surface area (Å²) in [4.78, 5) is 4.13. The lowest BCUT2D eigenvalue weighted by molar-refractivity contribution is 0.581. The van der Waals surface area contributed by atoms with Gasteiger partial charge in [0.1, 0.15) is 5.82 Å². The number of nitrogens with one attached hydrogen (secondary N) is 3. The average molecular weight is 267 g/mol. The van der Waals surface area contributed by atoms with E-state index in [0.717, 1.165) is 5.56 Å². The second-order valence-corrected chi connectivity index (χ2v) is 5.32. The molecular weight excluding hydrogens is 254 g/mol. The van der Waals surface area contributed by atoms with Crippen LogP contribution >= 0.6 is 0 Å². The number of H-pyrrole nitrogens is 1. The Morgan fingerprint density at radius 1 is 1.44 bits per heavy atom. The van der Waals surface area contributed by atoms with Crippen molar-refractivity contribution in [2.24, 2.45) is 0 Å². The summed E-state index contributed by atoms with van der Waals surface area (Å²) in [7, 11) is -1.86. The maximum atomic E-state index is 12.0. The summed E-state index contributed by atoms with van der Waals surface area (Å²) < 4.78 is 26.5. The molecule has 0 amide bonds. The summed E-state index contributed by atoms with van der Waals surface area (Å²) >= 11 is 0. The molecule has 8 heteroatoms. The highest BCUT2D eigenvalue weighted by Crippen LogP contribution is 2.12. The second-order valence-electron chi connectivity index (χ2n) is 3.56. The molecule has 0 aromatic carbocycles. The third kappa shape index (κ3) is 2.84. The summed E-state index contributed by atoms with van der Waals surface area (Å²) in [5.41, 5.74) is 0.765. The summed E-state index contributed by atoms with van der Waals surface area (Å²) in [6, 6.07) is 2.91. The first-order valence-electron chi connectivity index (χ1n) is 5.23. The smallest absolute Gasteiger partial charge is 0.241 e. The summed E-state index contributed by atoms with van der Waals surface area (Å²) in [5.74, 6) is 0.501. The minimum absolute atomic E-state index is 0.172. The lowest BCUT2D eigenvalue weighted by atomic mass is 10.4. The molecule has 0 saturated carbocycles. The topological polar surface area (TPSA) is 99.8 Å². The van der Waals surface area contributed by atoms with Crippen molar-refractivity contribution in [2.75, 3.05) is 12.4 Å². The number of nitrogens with zero attached hydrogens (tertiary/aromatic N) is 2. The summed E-state index contributed by atoms with van der Waals surface area (Å²) in [6.45, 7) is 0.191. The molecule has 0 aliphatic rings. The standard InChI is InChI=1S/C10H13N5O2S/c1-11-10-4-9(2-3-12-10)18(16,17)15-7-8-5-13-14-6-8/h2-6,15H,7H2,1H3,(H,11,12)(H,13,14). The SMILES string of the molecule is CNc1cc(S(=O)(=O)NCc2cn[nH]c2)ccn1. The first-order chi connectivity index (χ1) is 8.62. The number of aromatic amines is 1. The number of aromatic nitrogens is 3. The Morgan fingerprint density at radius 3 is 2.94 bits per heavy atom. The predicted octanol–water partition coefficient (Wildman–Crippen LogP) is 0.325. The minimum atomic E-state index is -3.54. The number of rotatable bonds is 5. The van der Waals surface area contributed by atoms with Crippen molar-refractivity contribution in [3.8, 4) is 0 Å². The Balaban J connectivity index is 2.14. The number of pyridine rings is 1. The molecule has 0 spiro atoms. The van der Waals surface area contributed by atoms with Crippen LogP contribution in [0.15, 0.2) is 35.6 Å². The van der Waals surface area contributed by atoms with E-state index in [9.17, 15) is 8.42 Å². The molecule has 18 heavy (non-hydrogen) atoms. The normalized spacial score (nSPS) is 11.4. The van der Waals surface area contributed by atoms with Gasteiger partial charge in [-0.2, -0.15) is 5.10 Å². The first-order valence-corrected chi connectivity index (χ1v) is 6.71. The molecule has 0 unspecified atom stereocenters. The van der Waals surface area contributed by atoms with Crippen molar-refractivity contribution in [3.05, 3.63) is 36.3 Å². The fourth-order valence-corrected chi connectivity index (χ4v) is 2.38. The van der Waals surface area contributed by atoms with Crippen molar-refractivity contribution in [3.63, 3.8) is 0 Å². The van der Waals surface area contributed by atoms with E-state index in [1.165, 1.54) is 18.3 Å². The zero-order chi connectivity index (χ0) is 13.0. The molecule has 0 radical (unpaired) electrons. The van der Waals surface area contributed by atoms with E-state index in [1.54, 1.807) is 19.4 Å². The van der Waals surface area contributed by atoms with Gasteiger partial charge in [-0.05, 0) is 6.07 Å². The second kappa shape index (κ2) is 5.15. The number of hydrogen-bond donors (Lipinski definition) is 3. The fourth-order valence-electron chi connectivity index (χ4n) is 1.35. The molecule has 96 valence electrons. The molecular formula is C10H13N5O2S. The Hall–Kier alpha value is -1.93. The van der Waals surface area contributed by atoms with Crippen LogP contribution in [0.1, 0.15) is 5.56 Å². The van der Waals surface area contributed by atoms with Gasteiger partial charge in [0, 0.05) is 37.6 Å². The molecule has 0 fully saturated rings. The van der Waals surface area contributed by atoms with Crippen molar-refractivity contribution in [1.82, 2.24) is 19.9 Å². The number of sulfonamides is 1. The Morgan fingerprint density at radius 2 is 2.28 bits per heavy atom. The van der Waals surface area contributed by atoms with Crippen LogP contribution in [-0.2, 0) is 16.6 Å². The zero-order valence-corrected chi connectivity index (χ0v) is 10.5. The maximum absolute atomic E-state index is 12.0. The van der Waals surface area contributed by atoms with Gasteiger partial charge in [0.15, 0.2) is 0 Å². The Kier molecular flexibility index (Phi) is 3.58. The van der Waals surface area contributed by atoms with Crippen LogP contribution in [-0.4, -0.2) is 30.6 Å². The molecule has 2 aromatic heterocycles. The van der Waals surface area contributed by atoms with E-state index in [1.807, 2.05) is 0 Å².